The zero-order valence-electron chi connectivity index (χ0n) is 11.2. The number of hydrogen-bond donors (Lipinski definition) is 2. The number of carbonyl (C=O) groups excluding carboxylic acids is 2. The van der Waals surface area contributed by atoms with E-state index in [0.29, 0.717) is 30.4 Å². The summed E-state index contributed by atoms with van der Waals surface area (Å²) in [4.78, 5) is 29.3. The summed E-state index contributed by atoms with van der Waals surface area (Å²) in [5.74, 6) is 0.515. The predicted octanol–water partition coefficient (Wildman–Crippen LogP) is 0.603. The van der Waals surface area contributed by atoms with Crippen LogP contribution in [-0.2, 0) is 4.79 Å². The number of nitrogens with one attached hydrogen (secondary N) is 1. The monoisotopic (exact) mass is 274 g/mol. The van der Waals surface area contributed by atoms with Crippen molar-refractivity contribution in [2.45, 2.75) is 25.3 Å². The summed E-state index contributed by atoms with van der Waals surface area (Å²) in [7, 11) is 0. The number of nitrogens with two attached hydrogens (primary N) is 1. The van der Waals surface area contributed by atoms with Crippen LogP contribution in [0.2, 0.25) is 0 Å². The minimum absolute atomic E-state index is 0.246. The van der Waals surface area contributed by atoms with Crippen LogP contribution in [-0.4, -0.2) is 40.8 Å². The maximum absolute atomic E-state index is 11.9. The molecule has 0 radical (unpaired) electrons. The Morgan fingerprint density at radius 3 is 3.00 bits per heavy atom. The van der Waals surface area contributed by atoms with Gasteiger partial charge in [0, 0.05) is 37.7 Å². The standard InChI is InChI=1S/C14H18N4O2/c15-13(20)11-2-1-5-16-14(11)17-7-9-6-12(19)18(8-9)10-3-4-10/h1-2,5,9-10H,3-4,6-8H2,(H2,15,20)(H,16,17)/t9-/m1/s1. The van der Waals surface area contributed by atoms with E-state index in [9.17, 15) is 9.59 Å². The maximum Gasteiger partial charge on any atom is 0.252 e. The Morgan fingerprint density at radius 2 is 2.30 bits per heavy atom. The van der Waals surface area contributed by atoms with Gasteiger partial charge in [-0.3, -0.25) is 9.59 Å². The van der Waals surface area contributed by atoms with Gasteiger partial charge >= 0.3 is 0 Å². The number of carbonyl (C=O) groups is 2. The van der Waals surface area contributed by atoms with Gasteiger partial charge in [0.15, 0.2) is 0 Å². The molecule has 0 unspecified atom stereocenters. The first-order valence-corrected chi connectivity index (χ1v) is 6.93. The van der Waals surface area contributed by atoms with Crippen molar-refractivity contribution in [3.8, 4) is 0 Å². The second kappa shape index (κ2) is 5.11. The molecule has 2 amide bonds. The lowest BCUT2D eigenvalue weighted by Crippen LogP contribution is -2.28. The number of aromatic nitrogens is 1. The Hall–Kier alpha value is -2.11. The molecule has 0 bridgehead atoms. The fourth-order valence-corrected chi connectivity index (χ4v) is 2.67. The molecular formula is C14H18N4O2. The zero-order chi connectivity index (χ0) is 14.1. The number of pyridine rings is 1. The fraction of sp³-hybridized carbons (Fsp3) is 0.500. The van der Waals surface area contributed by atoms with E-state index in [4.69, 9.17) is 5.73 Å². The van der Waals surface area contributed by atoms with Crippen LogP contribution < -0.4 is 11.1 Å². The van der Waals surface area contributed by atoms with Crippen LogP contribution in [0.5, 0.6) is 0 Å². The number of likely N-dealkylation sites (tertiary alicyclic amines) is 1. The number of hydrogen-bond acceptors (Lipinski definition) is 4. The lowest BCUT2D eigenvalue weighted by atomic mass is 10.1. The average molecular weight is 274 g/mol. The van der Waals surface area contributed by atoms with Crippen LogP contribution >= 0.6 is 0 Å². The number of amides is 2. The van der Waals surface area contributed by atoms with Gasteiger partial charge < -0.3 is 16.0 Å². The molecule has 1 aromatic heterocycles. The maximum atomic E-state index is 11.9. The third-order valence-corrected chi connectivity index (χ3v) is 3.86. The SMILES string of the molecule is NC(=O)c1cccnc1NC[C@H]1CC(=O)N(C2CC2)C1. The predicted molar refractivity (Wildman–Crippen MR) is 74.1 cm³/mol. The molecule has 1 aliphatic heterocycles. The first-order chi connectivity index (χ1) is 9.65. The molecule has 0 spiro atoms. The highest BCUT2D eigenvalue weighted by Gasteiger charge is 2.39. The van der Waals surface area contributed by atoms with Crippen molar-refractivity contribution in [3.63, 3.8) is 0 Å². The Kier molecular flexibility index (Phi) is 3.30. The largest absolute Gasteiger partial charge is 0.369 e. The van der Waals surface area contributed by atoms with Crippen LogP contribution in [0.3, 0.4) is 0 Å². The Morgan fingerprint density at radius 1 is 1.50 bits per heavy atom. The molecule has 6 nitrogen and oxygen atoms in total. The number of rotatable bonds is 5. The van der Waals surface area contributed by atoms with E-state index in [-0.39, 0.29) is 11.8 Å². The van der Waals surface area contributed by atoms with Gasteiger partial charge in [0.1, 0.15) is 5.82 Å². The summed E-state index contributed by atoms with van der Waals surface area (Å²) in [5, 5.41) is 3.15. The van der Waals surface area contributed by atoms with E-state index in [1.165, 1.54) is 0 Å². The highest BCUT2D eigenvalue weighted by Crippen LogP contribution is 2.32. The molecule has 1 atom stereocenters. The lowest BCUT2D eigenvalue weighted by molar-refractivity contribution is -0.128. The third-order valence-electron chi connectivity index (χ3n) is 3.86. The molecule has 2 fully saturated rings. The third kappa shape index (κ3) is 2.59. The van der Waals surface area contributed by atoms with Crippen molar-refractivity contribution < 1.29 is 9.59 Å². The fourth-order valence-electron chi connectivity index (χ4n) is 2.67. The van der Waals surface area contributed by atoms with Crippen molar-refractivity contribution in [1.29, 1.82) is 0 Å². The number of anilines is 1. The van der Waals surface area contributed by atoms with Crippen LogP contribution in [0.1, 0.15) is 29.6 Å². The van der Waals surface area contributed by atoms with Gasteiger partial charge in [0.25, 0.3) is 5.91 Å². The van der Waals surface area contributed by atoms with Gasteiger partial charge in [-0.1, -0.05) is 0 Å². The Balaban J connectivity index is 1.60. The van der Waals surface area contributed by atoms with E-state index >= 15 is 0 Å². The van der Waals surface area contributed by atoms with E-state index in [2.05, 4.69) is 10.3 Å². The Bertz CT molecular complexity index is 542. The van der Waals surface area contributed by atoms with Gasteiger partial charge in [-0.25, -0.2) is 4.98 Å². The van der Waals surface area contributed by atoms with E-state index in [0.717, 1.165) is 19.4 Å². The minimum atomic E-state index is -0.497. The van der Waals surface area contributed by atoms with Crippen LogP contribution in [0.15, 0.2) is 18.3 Å². The molecule has 3 N–H and O–H groups in total. The van der Waals surface area contributed by atoms with Crippen molar-refractivity contribution >= 4 is 17.6 Å². The van der Waals surface area contributed by atoms with Gasteiger partial charge in [0.2, 0.25) is 5.91 Å². The molecule has 1 saturated heterocycles. The van der Waals surface area contributed by atoms with E-state index in [1.807, 2.05) is 4.90 Å². The van der Waals surface area contributed by atoms with Crippen LogP contribution in [0.4, 0.5) is 5.82 Å². The highest BCUT2D eigenvalue weighted by atomic mass is 16.2. The summed E-state index contributed by atoms with van der Waals surface area (Å²) in [6.45, 7) is 1.43. The molecule has 1 saturated carbocycles. The average Bonchev–Trinajstić information content (AvgIpc) is 3.20. The van der Waals surface area contributed by atoms with Crippen molar-refractivity contribution in [3.05, 3.63) is 23.9 Å². The summed E-state index contributed by atoms with van der Waals surface area (Å²) < 4.78 is 0. The zero-order valence-corrected chi connectivity index (χ0v) is 11.2. The highest BCUT2D eigenvalue weighted by molar-refractivity contribution is 5.97. The molecule has 106 valence electrons. The molecule has 0 aromatic carbocycles. The number of nitrogens with zero attached hydrogens (tertiary/aromatic N) is 2. The van der Waals surface area contributed by atoms with E-state index in [1.54, 1.807) is 18.3 Å². The Labute approximate surface area is 117 Å². The van der Waals surface area contributed by atoms with Gasteiger partial charge in [-0.05, 0) is 25.0 Å². The van der Waals surface area contributed by atoms with Crippen molar-refractivity contribution in [1.82, 2.24) is 9.88 Å². The first kappa shape index (κ1) is 12.9. The quantitative estimate of drug-likeness (QED) is 0.823. The summed E-state index contributed by atoms with van der Waals surface area (Å²) in [6, 6.07) is 3.80. The smallest absolute Gasteiger partial charge is 0.252 e. The number of primary amides is 1. The molecular weight excluding hydrogens is 256 g/mol. The molecule has 2 heterocycles. The molecule has 20 heavy (non-hydrogen) atoms. The topological polar surface area (TPSA) is 88.3 Å². The summed E-state index contributed by atoms with van der Waals surface area (Å²) >= 11 is 0. The van der Waals surface area contributed by atoms with Gasteiger partial charge in [0.05, 0.1) is 5.56 Å². The summed E-state index contributed by atoms with van der Waals surface area (Å²) in [6.07, 6.45) is 4.46. The molecule has 6 heteroatoms. The molecule has 2 aliphatic rings. The minimum Gasteiger partial charge on any atom is -0.369 e. The van der Waals surface area contributed by atoms with Crippen LogP contribution in [0, 0.1) is 5.92 Å². The second-order valence-corrected chi connectivity index (χ2v) is 5.49. The lowest BCUT2D eigenvalue weighted by Gasteiger charge is -2.16. The van der Waals surface area contributed by atoms with E-state index < -0.39 is 5.91 Å². The second-order valence-electron chi connectivity index (χ2n) is 5.49. The van der Waals surface area contributed by atoms with Gasteiger partial charge in [-0.15, -0.1) is 0 Å². The molecule has 1 aromatic rings. The first-order valence-electron chi connectivity index (χ1n) is 6.93. The van der Waals surface area contributed by atoms with Gasteiger partial charge in [-0.2, -0.15) is 0 Å². The molecule has 3 rings (SSSR count). The normalized spacial score (nSPS) is 22.1. The van der Waals surface area contributed by atoms with Crippen molar-refractivity contribution in [2.75, 3.05) is 18.4 Å². The summed E-state index contributed by atoms with van der Waals surface area (Å²) in [5.41, 5.74) is 5.69. The molecule has 1 aliphatic carbocycles. The van der Waals surface area contributed by atoms with Crippen molar-refractivity contribution in [2.24, 2.45) is 11.7 Å². The van der Waals surface area contributed by atoms with Crippen LogP contribution in [0.25, 0.3) is 0 Å².